The lowest BCUT2D eigenvalue weighted by atomic mass is 9.80. The zero-order valence-electron chi connectivity index (χ0n) is 13.9. The Morgan fingerprint density at radius 3 is 2.59 bits per heavy atom. The minimum Gasteiger partial charge on any atom is -0.492 e. The number of hydrogen-bond acceptors (Lipinski definition) is 3. The van der Waals surface area contributed by atoms with Crippen LogP contribution in [-0.2, 0) is 0 Å². The van der Waals surface area contributed by atoms with Gasteiger partial charge in [-0.05, 0) is 81.9 Å². The van der Waals surface area contributed by atoms with Gasteiger partial charge in [-0.1, -0.05) is 24.6 Å². The van der Waals surface area contributed by atoms with Gasteiger partial charge in [-0.2, -0.15) is 0 Å². The Hall–Kier alpha value is -0.770. The van der Waals surface area contributed by atoms with Crippen LogP contribution in [-0.4, -0.2) is 37.7 Å². The Bertz CT molecular complexity index is 458. The van der Waals surface area contributed by atoms with Crippen LogP contribution in [0.25, 0.3) is 0 Å². The topological polar surface area (TPSA) is 38.5 Å². The number of rotatable bonds is 7. The smallest absolute Gasteiger partial charge is 0.137 e. The molecule has 0 bridgehead atoms. The van der Waals surface area contributed by atoms with Crippen molar-refractivity contribution in [3.05, 3.63) is 28.8 Å². The molecular weight excluding hydrogens is 296 g/mol. The highest BCUT2D eigenvalue weighted by Gasteiger charge is 2.27. The number of ether oxygens (including phenoxy) is 1. The third-order valence-corrected chi connectivity index (χ3v) is 4.97. The van der Waals surface area contributed by atoms with E-state index in [1.165, 1.54) is 44.5 Å². The van der Waals surface area contributed by atoms with Gasteiger partial charge in [-0.25, -0.2) is 0 Å². The maximum atomic E-state index is 6.34. The van der Waals surface area contributed by atoms with Crippen LogP contribution in [0.1, 0.15) is 44.6 Å². The summed E-state index contributed by atoms with van der Waals surface area (Å²) in [5.74, 6) is 1.82. The van der Waals surface area contributed by atoms with Gasteiger partial charge in [0.05, 0.1) is 11.6 Å². The molecule has 1 aliphatic heterocycles. The zero-order valence-corrected chi connectivity index (χ0v) is 14.6. The van der Waals surface area contributed by atoms with Gasteiger partial charge in [-0.3, -0.25) is 0 Å². The highest BCUT2D eigenvalue weighted by atomic mass is 35.5. The van der Waals surface area contributed by atoms with Crippen LogP contribution in [0, 0.1) is 5.92 Å². The normalized spacial score (nSPS) is 18.4. The van der Waals surface area contributed by atoms with E-state index in [-0.39, 0.29) is 0 Å². The van der Waals surface area contributed by atoms with E-state index in [2.05, 4.69) is 17.9 Å². The predicted molar refractivity (Wildman–Crippen MR) is 93.9 cm³/mol. The predicted octanol–water partition coefficient (Wildman–Crippen LogP) is 3.90. The van der Waals surface area contributed by atoms with Crippen LogP contribution in [0.4, 0.5) is 0 Å². The maximum Gasteiger partial charge on any atom is 0.137 e. The van der Waals surface area contributed by atoms with Crippen molar-refractivity contribution in [3.8, 4) is 5.75 Å². The Morgan fingerprint density at radius 2 is 2.05 bits per heavy atom. The van der Waals surface area contributed by atoms with Crippen molar-refractivity contribution in [2.75, 3.05) is 32.8 Å². The molecule has 2 rings (SSSR count). The minimum atomic E-state index is 0.400. The van der Waals surface area contributed by atoms with Crippen LogP contribution in [0.15, 0.2) is 18.2 Å². The van der Waals surface area contributed by atoms with E-state index >= 15 is 0 Å². The Morgan fingerprint density at radius 1 is 1.32 bits per heavy atom. The van der Waals surface area contributed by atoms with Crippen molar-refractivity contribution in [2.24, 2.45) is 11.7 Å². The highest BCUT2D eigenvalue weighted by molar-refractivity contribution is 6.32. The summed E-state index contributed by atoms with van der Waals surface area (Å²) in [6.07, 6.45) is 3.69. The first-order valence-corrected chi connectivity index (χ1v) is 8.92. The fraction of sp³-hybridized carbons (Fsp3) is 0.667. The molecule has 0 amide bonds. The molecule has 1 saturated heterocycles. The molecule has 124 valence electrons. The summed E-state index contributed by atoms with van der Waals surface area (Å²) < 4.78 is 5.52. The average Bonchev–Trinajstić information content (AvgIpc) is 2.53. The summed E-state index contributed by atoms with van der Waals surface area (Å²) in [5.41, 5.74) is 7.34. The SMILES string of the molecule is CCCN1CCC(C(CN)c2ccc(OCC)c(Cl)c2)CC1. The number of benzene rings is 1. The molecule has 0 saturated carbocycles. The lowest BCUT2D eigenvalue weighted by molar-refractivity contribution is 0.169. The van der Waals surface area contributed by atoms with E-state index in [9.17, 15) is 0 Å². The van der Waals surface area contributed by atoms with Gasteiger partial charge in [0.1, 0.15) is 5.75 Å². The van der Waals surface area contributed by atoms with Crippen molar-refractivity contribution >= 4 is 11.6 Å². The van der Waals surface area contributed by atoms with Crippen LogP contribution >= 0.6 is 11.6 Å². The monoisotopic (exact) mass is 324 g/mol. The maximum absolute atomic E-state index is 6.34. The van der Waals surface area contributed by atoms with Crippen LogP contribution in [0.5, 0.6) is 5.75 Å². The molecule has 1 fully saturated rings. The Labute approximate surface area is 139 Å². The van der Waals surface area contributed by atoms with E-state index in [0.717, 1.165) is 5.75 Å². The molecule has 3 nitrogen and oxygen atoms in total. The second kappa shape index (κ2) is 8.76. The number of piperidine rings is 1. The third-order valence-electron chi connectivity index (χ3n) is 4.68. The van der Waals surface area contributed by atoms with Crippen molar-refractivity contribution in [1.82, 2.24) is 4.90 Å². The van der Waals surface area contributed by atoms with Gasteiger partial charge < -0.3 is 15.4 Å². The molecule has 0 radical (unpaired) electrons. The summed E-state index contributed by atoms with van der Waals surface area (Å²) in [6, 6.07) is 6.16. The van der Waals surface area contributed by atoms with E-state index in [0.29, 0.717) is 30.0 Å². The molecule has 1 aliphatic rings. The van der Waals surface area contributed by atoms with E-state index in [1.54, 1.807) is 0 Å². The van der Waals surface area contributed by atoms with Crippen molar-refractivity contribution in [1.29, 1.82) is 0 Å². The lowest BCUT2D eigenvalue weighted by Gasteiger charge is -2.36. The highest BCUT2D eigenvalue weighted by Crippen LogP contribution is 2.35. The summed E-state index contributed by atoms with van der Waals surface area (Å²) in [5, 5.41) is 0.696. The van der Waals surface area contributed by atoms with E-state index in [1.807, 2.05) is 19.1 Å². The van der Waals surface area contributed by atoms with Gasteiger partial charge in [0, 0.05) is 0 Å². The number of likely N-dealkylation sites (tertiary alicyclic amines) is 1. The first-order chi connectivity index (χ1) is 10.7. The molecule has 4 heteroatoms. The van der Waals surface area contributed by atoms with Crippen molar-refractivity contribution in [3.63, 3.8) is 0 Å². The third kappa shape index (κ3) is 4.37. The first-order valence-electron chi connectivity index (χ1n) is 8.54. The summed E-state index contributed by atoms with van der Waals surface area (Å²) in [4.78, 5) is 2.56. The first kappa shape index (κ1) is 17.6. The van der Waals surface area contributed by atoms with E-state index < -0.39 is 0 Å². The molecule has 0 aromatic heterocycles. The summed E-state index contributed by atoms with van der Waals surface area (Å²) in [6.45, 7) is 9.14. The zero-order chi connectivity index (χ0) is 15.9. The molecule has 1 aromatic carbocycles. The Balaban J connectivity index is 2.04. The molecule has 0 spiro atoms. The molecule has 0 aliphatic carbocycles. The largest absolute Gasteiger partial charge is 0.492 e. The van der Waals surface area contributed by atoms with Crippen LogP contribution < -0.4 is 10.5 Å². The van der Waals surface area contributed by atoms with Gasteiger partial charge in [0.2, 0.25) is 0 Å². The number of nitrogens with zero attached hydrogens (tertiary/aromatic N) is 1. The second-order valence-electron chi connectivity index (χ2n) is 6.14. The summed E-state index contributed by atoms with van der Waals surface area (Å²) in [7, 11) is 0. The van der Waals surface area contributed by atoms with Crippen molar-refractivity contribution in [2.45, 2.75) is 39.0 Å². The number of nitrogens with two attached hydrogens (primary N) is 1. The summed E-state index contributed by atoms with van der Waals surface area (Å²) >= 11 is 6.34. The van der Waals surface area contributed by atoms with Gasteiger partial charge in [-0.15, -0.1) is 0 Å². The van der Waals surface area contributed by atoms with Gasteiger partial charge in [0.25, 0.3) is 0 Å². The molecule has 1 aromatic rings. The van der Waals surface area contributed by atoms with E-state index in [4.69, 9.17) is 22.1 Å². The average molecular weight is 325 g/mol. The molecule has 2 N–H and O–H groups in total. The van der Waals surface area contributed by atoms with Crippen molar-refractivity contribution < 1.29 is 4.74 Å². The molecule has 1 atom stereocenters. The fourth-order valence-electron chi connectivity index (χ4n) is 3.52. The van der Waals surface area contributed by atoms with Crippen LogP contribution in [0.2, 0.25) is 5.02 Å². The minimum absolute atomic E-state index is 0.400. The number of hydrogen-bond donors (Lipinski definition) is 1. The fourth-order valence-corrected chi connectivity index (χ4v) is 3.76. The standard InChI is InChI=1S/C18H29ClN2O/c1-3-9-21-10-7-14(8-11-21)16(13-20)15-5-6-18(22-4-2)17(19)12-15/h5-6,12,14,16H,3-4,7-11,13,20H2,1-2H3. The molecule has 22 heavy (non-hydrogen) atoms. The second-order valence-corrected chi connectivity index (χ2v) is 6.55. The number of halogens is 1. The Kier molecular flexibility index (Phi) is 7.00. The van der Waals surface area contributed by atoms with Crippen LogP contribution in [0.3, 0.4) is 0 Å². The molecular formula is C18H29ClN2O. The van der Waals surface area contributed by atoms with Gasteiger partial charge >= 0.3 is 0 Å². The quantitative estimate of drug-likeness (QED) is 0.826. The lowest BCUT2D eigenvalue weighted by Crippen LogP contribution is -2.37. The van der Waals surface area contributed by atoms with Gasteiger partial charge in [0.15, 0.2) is 0 Å². The molecule has 1 heterocycles. The molecule has 1 unspecified atom stereocenters.